The lowest BCUT2D eigenvalue weighted by Gasteiger charge is -2.16. The maximum absolute atomic E-state index is 11.7. The van der Waals surface area contributed by atoms with E-state index in [2.05, 4.69) is 5.32 Å². The first-order chi connectivity index (χ1) is 9.02. The van der Waals surface area contributed by atoms with Crippen LogP contribution in [0.2, 0.25) is 0 Å². The largest absolute Gasteiger partial charge is 0.496 e. The van der Waals surface area contributed by atoms with Crippen molar-refractivity contribution in [1.29, 1.82) is 0 Å². The average Bonchev–Trinajstić information content (AvgIpc) is 2.67. The molecule has 1 aliphatic rings. The van der Waals surface area contributed by atoms with E-state index in [1.54, 1.807) is 18.2 Å². The van der Waals surface area contributed by atoms with Crippen molar-refractivity contribution >= 4 is 23.6 Å². The van der Waals surface area contributed by atoms with Crippen LogP contribution in [0.3, 0.4) is 0 Å². The van der Waals surface area contributed by atoms with Crippen LogP contribution in [-0.2, 0) is 14.3 Å². The molecule has 1 saturated heterocycles. The van der Waals surface area contributed by atoms with Crippen LogP contribution < -0.4 is 15.4 Å². The van der Waals surface area contributed by atoms with Gasteiger partial charge in [-0.3, -0.25) is 14.9 Å². The molecule has 1 heterocycles. The minimum Gasteiger partial charge on any atom is -0.496 e. The van der Waals surface area contributed by atoms with Gasteiger partial charge in [-0.05, 0) is 12.1 Å². The predicted octanol–water partition coefficient (Wildman–Crippen LogP) is 0.961. The van der Waals surface area contributed by atoms with Crippen molar-refractivity contribution in [3.8, 4) is 5.75 Å². The Hall–Kier alpha value is -2.57. The zero-order valence-electron chi connectivity index (χ0n) is 10.4. The van der Waals surface area contributed by atoms with E-state index in [0.29, 0.717) is 17.0 Å². The molecule has 1 aliphatic heterocycles. The fourth-order valence-corrected chi connectivity index (χ4v) is 1.84. The van der Waals surface area contributed by atoms with E-state index in [4.69, 9.17) is 9.47 Å². The van der Waals surface area contributed by atoms with Crippen molar-refractivity contribution in [2.45, 2.75) is 13.0 Å². The van der Waals surface area contributed by atoms with Gasteiger partial charge in [-0.2, -0.15) is 0 Å². The van der Waals surface area contributed by atoms with Crippen LogP contribution in [0.15, 0.2) is 18.2 Å². The molecule has 1 unspecified atom stereocenters. The topological polar surface area (TPSA) is 93.7 Å². The second-order valence-electron chi connectivity index (χ2n) is 3.88. The van der Waals surface area contributed by atoms with Crippen LogP contribution in [0, 0.1) is 0 Å². The highest BCUT2D eigenvalue weighted by atomic mass is 16.6. The van der Waals surface area contributed by atoms with Gasteiger partial charge < -0.3 is 14.8 Å². The van der Waals surface area contributed by atoms with E-state index >= 15 is 0 Å². The Morgan fingerprint density at radius 3 is 2.68 bits per heavy atom. The second kappa shape index (κ2) is 4.97. The van der Waals surface area contributed by atoms with Gasteiger partial charge in [0.1, 0.15) is 5.75 Å². The number of ether oxygens (including phenoxy) is 2. The Kier molecular flexibility index (Phi) is 3.37. The van der Waals surface area contributed by atoms with Gasteiger partial charge in [0.15, 0.2) is 0 Å². The lowest BCUT2D eigenvalue weighted by Crippen LogP contribution is -2.21. The summed E-state index contributed by atoms with van der Waals surface area (Å²) in [5.41, 5.74) is 0.672. The third-order valence-corrected chi connectivity index (χ3v) is 2.55. The molecular weight excluding hydrogens is 252 g/mol. The standard InChI is InChI=1S/C12H12N2O5/c1-6(15)13-7-4-3-5-8(18-2)9(7)10-11(16)14-12(17)19-10/h3-5,10H,1-2H3,(H,13,15)(H,14,16,17). The summed E-state index contributed by atoms with van der Waals surface area (Å²) >= 11 is 0. The number of imide groups is 1. The first-order valence-electron chi connectivity index (χ1n) is 5.49. The Morgan fingerprint density at radius 2 is 2.16 bits per heavy atom. The van der Waals surface area contributed by atoms with Gasteiger partial charge in [0, 0.05) is 6.92 Å². The molecule has 0 radical (unpaired) electrons. The number of nitrogens with one attached hydrogen (secondary N) is 2. The van der Waals surface area contributed by atoms with E-state index in [9.17, 15) is 14.4 Å². The highest BCUT2D eigenvalue weighted by molar-refractivity contribution is 6.02. The van der Waals surface area contributed by atoms with Gasteiger partial charge in [-0.25, -0.2) is 4.79 Å². The van der Waals surface area contributed by atoms with E-state index in [1.807, 2.05) is 5.32 Å². The number of benzene rings is 1. The normalized spacial score (nSPS) is 17.7. The molecule has 0 spiro atoms. The molecule has 1 aromatic carbocycles. The van der Waals surface area contributed by atoms with Crippen LogP contribution in [0.5, 0.6) is 5.75 Å². The Bertz CT molecular complexity index is 555. The van der Waals surface area contributed by atoms with Crippen molar-refractivity contribution in [2.75, 3.05) is 12.4 Å². The van der Waals surface area contributed by atoms with E-state index in [0.717, 1.165) is 0 Å². The molecule has 2 N–H and O–H groups in total. The monoisotopic (exact) mass is 264 g/mol. The molecule has 0 aliphatic carbocycles. The summed E-state index contributed by atoms with van der Waals surface area (Å²) in [5.74, 6) is -0.554. The van der Waals surface area contributed by atoms with Gasteiger partial charge in [0.2, 0.25) is 12.0 Å². The summed E-state index contributed by atoms with van der Waals surface area (Å²) in [7, 11) is 1.42. The Labute approximate surface area is 108 Å². The third kappa shape index (κ3) is 2.49. The number of anilines is 1. The summed E-state index contributed by atoms with van der Waals surface area (Å²) in [5, 5.41) is 4.60. The van der Waals surface area contributed by atoms with Crippen molar-refractivity contribution in [2.24, 2.45) is 0 Å². The van der Waals surface area contributed by atoms with E-state index < -0.39 is 18.1 Å². The average molecular weight is 264 g/mol. The number of cyclic esters (lactones) is 1. The van der Waals surface area contributed by atoms with Gasteiger partial charge in [-0.1, -0.05) is 6.07 Å². The summed E-state index contributed by atoms with van der Waals surface area (Å²) < 4.78 is 10.0. The van der Waals surface area contributed by atoms with Gasteiger partial charge in [0.05, 0.1) is 18.4 Å². The number of methoxy groups -OCH3 is 1. The first-order valence-corrected chi connectivity index (χ1v) is 5.49. The number of hydrogen-bond acceptors (Lipinski definition) is 5. The van der Waals surface area contributed by atoms with Crippen LogP contribution in [-0.4, -0.2) is 25.0 Å². The summed E-state index contributed by atoms with van der Waals surface area (Å²) in [6.07, 6.45) is -1.96. The van der Waals surface area contributed by atoms with Crippen molar-refractivity contribution in [1.82, 2.24) is 5.32 Å². The molecule has 19 heavy (non-hydrogen) atoms. The van der Waals surface area contributed by atoms with Gasteiger partial charge in [0.25, 0.3) is 5.91 Å². The number of hydrogen-bond donors (Lipinski definition) is 2. The molecule has 3 amide bonds. The van der Waals surface area contributed by atoms with Crippen molar-refractivity contribution in [3.63, 3.8) is 0 Å². The quantitative estimate of drug-likeness (QED) is 0.848. The number of carbonyl (C=O) groups excluding carboxylic acids is 3. The Balaban J connectivity index is 2.49. The van der Waals surface area contributed by atoms with E-state index in [1.165, 1.54) is 14.0 Å². The lowest BCUT2D eigenvalue weighted by molar-refractivity contribution is -0.123. The van der Waals surface area contributed by atoms with E-state index in [-0.39, 0.29) is 5.91 Å². The molecule has 0 bridgehead atoms. The van der Waals surface area contributed by atoms with Gasteiger partial charge >= 0.3 is 6.09 Å². The SMILES string of the molecule is COc1cccc(NC(C)=O)c1C1OC(=O)NC1=O. The fraction of sp³-hybridized carbons (Fsp3) is 0.250. The zero-order valence-corrected chi connectivity index (χ0v) is 10.4. The minimum atomic E-state index is -1.13. The Morgan fingerprint density at radius 1 is 1.42 bits per heavy atom. The summed E-state index contributed by atoms with van der Waals surface area (Å²) in [4.78, 5) is 33.9. The maximum atomic E-state index is 11.7. The molecule has 1 aromatic rings. The fourth-order valence-electron chi connectivity index (χ4n) is 1.84. The minimum absolute atomic E-state index is 0.306. The highest BCUT2D eigenvalue weighted by Crippen LogP contribution is 2.36. The van der Waals surface area contributed by atoms with Crippen LogP contribution in [0.1, 0.15) is 18.6 Å². The molecular formula is C12H12N2O5. The number of carbonyl (C=O) groups is 3. The first kappa shape index (κ1) is 12.9. The third-order valence-electron chi connectivity index (χ3n) is 2.55. The number of amides is 3. The number of alkyl carbamates (subject to hydrolysis) is 1. The number of rotatable bonds is 3. The van der Waals surface area contributed by atoms with Crippen molar-refractivity contribution in [3.05, 3.63) is 23.8 Å². The molecule has 7 nitrogen and oxygen atoms in total. The highest BCUT2D eigenvalue weighted by Gasteiger charge is 2.37. The summed E-state index contributed by atoms with van der Waals surface area (Å²) in [6.45, 7) is 1.34. The maximum Gasteiger partial charge on any atom is 0.415 e. The predicted molar refractivity (Wildman–Crippen MR) is 64.7 cm³/mol. The summed E-state index contributed by atoms with van der Waals surface area (Å²) in [6, 6.07) is 4.86. The molecule has 100 valence electrons. The van der Waals surface area contributed by atoms with Gasteiger partial charge in [-0.15, -0.1) is 0 Å². The van der Waals surface area contributed by atoms with Crippen molar-refractivity contribution < 1.29 is 23.9 Å². The zero-order chi connectivity index (χ0) is 14.0. The second-order valence-corrected chi connectivity index (χ2v) is 3.88. The van der Waals surface area contributed by atoms with Crippen LogP contribution in [0.25, 0.3) is 0 Å². The molecule has 2 rings (SSSR count). The molecule has 0 saturated carbocycles. The molecule has 1 fully saturated rings. The van der Waals surface area contributed by atoms with Crippen LogP contribution in [0.4, 0.5) is 10.5 Å². The molecule has 7 heteroatoms. The van der Waals surface area contributed by atoms with Crippen LogP contribution >= 0.6 is 0 Å². The molecule has 0 aromatic heterocycles. The molecule has 1 atom stereocenters. The smallest absolute Gasteiger partial charge is 0.415 e. The lowest BCUT2D eigenvalue weighted by atomic mass is 10.0.